The standard InChI is InChI=1S/C12H11NO2/c13-7-10-12(14)6-2-4-8-3-1-5-9(15-10)11(8)12/h1,3,5,10,14H,2,4,6H2/t10-,12-/m0/s1. The molecule has 1 heterocycles. The van der Waals surface area contributed by atoms with Gasteiger partial charge in [0.2, 0.25) is 6.10 Å². The second kappa shape index (κ2) is 2.74. The molecule has 0 bridgehead atoms. The maximum atomic E-state index is 10.5. The molecule has 1 aliphatic carbocycles. The van der Waals surface area contributed by atoms with E-state index in [0.29, 0.717) is 12.2 Å². The minimum absolute atomic E-state index is 0.620. The van der Waals surface area contributed by atoms with E-state index in [1.807, 2.05) is 24.3 Å². The van der Waals surface area contributed by atoms with Crippen molar-refractivity contribution in [2.24, 2.45) is 0 Å². The Balaban J connectivity index is 2.25. The van der Waals surface area contributed by atoms with Crippen LogP contribution >= 0.6 is 0 Å². The highest BCUT2D eigenvalue weighted by Gasteiger charge is 2.50. The first kappa shape index (κ1) is 8.75. The van der Waals surface area contributed by atoms with Gasteiger partial charge in [0.15, 0.2) is 0 Å². The lowest BCUT2D eigenvalue weighted by atomic mass is 9.77. The predicted molar refractivity (Wildman–Crippen MR) is 53.3 cm³/mol. The zero-order valence-corrected chi connectivity index (χ0v) is 8.23. The maximum absolute atomic E-state index is 10.5. The molecule has 1 aromatic rings. The second-order valence-corrected chi connectivity index (χ2v) is 4.20. The van der Waals surface area contributed by atoms with Crippen LogP contribution in [0.5, 0.6) is 5.75 Å². The molecule has 0 unspecified atom stereocenters. The van der Waals surface area contributed by atoms with E-state index in [-0.39, 0.29) is 0 Å². The van der Waals surface area contributed by atoms with Gasteiger partial charge in [-0.3, -0.25) is 0 Å². The molecule has 2 atom stereocenters. The number of nitriles is 1. The van der Waals surface area contributed by atoms with Crippen molar-refractivity contribution >= 4 is 0 Å². The van der Waals surface area contributed by atoms with Crippen molar-refractivity contribution in [1.82, 2.24) is 0 Å². The molecule has 1 aliphatic heterocycles. The van der Waals surface area contributed by atoms with Crippen molar-refractivity contribution in [3.05, 3.63) is 29.3 Å². The van der Waals surface area contributed by atoms with E-state index in [4.69, 9.17) is 10.00 Å². The fourth-order valence-electron chi connectivity index (χ4n) is 2.67. The molecule has 3 heteroatoms. The SMILES string of the molecule is N#C[C@@H]1Oc2cccc3c2[C@]1(O)CCC3. The van der Waals surface area contributed by atoms with Crippen LogP contribution in [-0.4, -0.2) is 11.2 Å². The van der Waals surface area contributed by atoms with E-state index in [1.165, 1.54) is 0 Å². The topological polar surface area (TPSA) is 53.2 Å². The van der Waals surface area contributed by atoms with Gasteiger partial charge in [0.05, 0.1) is 0 Å². The van der Waals surface area contributed by atoms with Crippen LogP contribution in [0.4, 0.5) is 0 Å². The average Bonchev–Trinajstić information content (AvgIpc) is 2.54. The van der Waals surface area contributed by atoms with Gasteiger partial charge < -0.3 is 9.84 Å². The van der Waals surface area contributed by atoms with Gasteiger partial charge in [-0.05, 0) is 30.9 Å². The van der Waals surface area contributed by atoms with Crippen molar-refractivity contribution in [3.8, 4) is 11.8 Å². The minimum Gasteiger partial charge on any atom is -0.472 e. The lowest BCUT2D eigenvalue weighted by molar-refractivity contribution is -0.0280. The fraction of sp³-hybridized carbons (Fsp3) is 0.417. The Bertz CT molecular complexity index is 463. The number of hydrogen-bond donors (Lipinski definition) is 1. The number of aryl methyl sites for hydroxylation is 1. The van der Waals surface area contributed by atoms with Gasteiger partial charge in [0.1, 0.15) is 17.4 Å². The van der Waals surface area contributed by atoms with Gasteiger partial charge in [0, 0.05) is 5.56 Å². The third-order valence-corrected chi connectivity index (χ3v) is 3.35. The molecule has 2 aliphatic rings. The Morgan fingerprint density at radius 1 is 1.53 bits per heavy atom. The second-order valence-electron chi connectivity index (χ2n) is 4.20. The number of aliphatic hydroxyl groups is 1. The molecule has 3 nitrogen and oxygen atoms in total. The van der Waals surface area contributed by atoms with Gasteiger partial charge in [-0.15, -0.1) is 0 Å². The number of benzene rings is 1. The number of ether oxygens (including phenoxy) is 1. The highest BCUT2D eigenvalue weighted by molar-refractivity contribution is 5.51. The zero-order valence-electron chi connectivity index (χ0n) is 8.23. The summed E-state index contributed by atoms with van der Waals surface area (Å²) in [5, 5.41) is 19.5. The molecule has 3 rings (SSSR count). The molecule has 0 radical (unpaired) electrons. The molecule has 0 amide bonds. The summed E-state index contributed by atoms with van der Waals surface area (Å²) in [6.45, 7) is 0. The predicted octanol–water partition coefficient (Wildman–Crippen LogP) is 1.50. The molecule has 76 valence electrons. The minimum atomic E-state index is -1.07. The van der Waals surface area contributed by atoms with Crippen molar-refractivity contribution in [3.63, 3.8) is 0 Å². The van der Waals surface area contributed by atoms with Crippen molar-refractivity contribution < 1.29 is 9.84 Å². The summed E-state index contributed by atoms with van der Waals surface area (Å²) in [6.07, 6.45) is 1.76. The van der Waals surface area contributed by atoms with Crippen molar-refractivity contribution in [2.75, 3.05) is 0 Å². The van der Waals surface area contributed by atoms with Crippen LogP contribution in [0.1, 0.15) is 24.0 Å². The third-order valence-electron chi connectivity index (χ3n) is 3.35. The lowest BCUT2D eigenvalue weighted by Gasteiger charge is -2.30. The van der Waals surface area contributed by atoms with Crippen LogP contribution in [0.25, 0.3) is 0 Å². The Morgan fingerprint density at radius 2 is 2.40 bits per heavy atom. The van der Waals surface area contributed by atoms with Gasteiger partial charge in [-0.25, -0.2) is 0 Å². The maximum Gasteiger partial charge on any atom is 0.217 e. The molecule has 1 N–H and O–H groups in total. The van der Waals surface area contributed by atoms with Crippen molar-refractivity contribution in [1.29, 1.82) is 5.26 Å². The molecule has 0 spiro atoms. The first-order valence-corrected chi connectivity index (χ1v) is 5.17. The fourth-order valence-corrected chi connectivity index (χ4v) is 2.67. The highest BCUT2D eigenvalue weighted by atomic mass is 16.5. The van der Waals surface area contributed by atoms with Crippen LogP contribution < -0.4 is 4.74 Å². The molecule has 1 aromatic carbocycles. The molecule has 15 heavy (non-hydrogen) atoms. The van der Waals surface area contributed by atoms with E-state index in [0.717, 1.165) is 24.0 Å². The van der Waals surface area contributed by atoms with Crippen LogP contribution in [0, 0.1) is 11.3 Å². The van der Waals surface area contributed by atoms with Gasteiger partial charge in [0.25, 0.3) is 0 Å². The molecule has 0 saturated heterocycles. The van der Waals surface area contributed by atoms with E-state index in [1.54, 1.807) is 0 Å². The van der Waals surface area contributed by atoms with Crippen LogP contribution in [0.2, 0.25) is 0 Å². The number of hydrogen-bond acceptors (Lipinski definition) is 3. The summed E-state index contributed by atoms with van der Waals surface area (Å²) in [4.78, 5) is 0. The first-order chi connectivity index (χ1) is 7.25. The Morgan fingerprint density at radius 3 is 3.20 bits per heavy atom. The highest BCUT2D eigenvalue weighted by Crippen LogP contribution is 2.48. The molecule has 0 fully saturated rings. The molecular weight excluding hydrogens is 190 g/mol. The lowest BCUT2D eigenvalue weighted by Crippen LogP contribution is -2.39. The smallest absolute Gasteiger partial charge is 0.217 e. The summed E-state index contributed by atoms with van der Waals surface area (Å²) in [7, 11) is 0. The summed E-state index contributed by atoms with van der Waals surface area (Å²) >= 11 is 0. The van der Waals surface area contributed by atoms with E-state index in [9.17, 15) is 5.11 Å². The largest absolute Gasteiger partial charge is 0.472 e. The summed E-state index contributed by atoms with van der Waals surface area (Å²) < 4.78 is 5.47. The Kier molecular flexibility index (Phi) is 1.60. The van der Waals surface area contributed by atoms with Gasteiger partial charge in [-0.2, -0.15) is 5.26 Å². The van der Waals surface area contributed by atoms with Gasteiger partial charge in [-0.1, -0.05) is 12.1 Å². The number of nitrogens with zero attached hydrogens (tertiary/aromatic N) is 1. The van der Waals surface area contributed by atoms with E-state index >= 15 is 0 Å². The normalized spacial score (nSPS) is 31.6. The molecule has 0 aromatic heterocycles. The Labute approximate surface area is 87.9 Å². The quantitative estimate of drug-likeness (QED) is 0.692. The summed E-state index contributed by atoms with van der Waals surface area (Å²) in [6, 6.07) is 7.79. The van der Waals surface area contributed by atoms with Crippen LogP contribution in [-0.2, 0) is 12.0 Å². The van der Waals surface area contributed by atoms with Crippen LogP contribution in [0.15, 0.2) is 18.2 Å². The Hall–Kier alpha value is -1.53. The average molecular weight is 201 g/mol. The van der Waals surface area contributed by atoms with E-state index in [2.05, 4.69) is 0 Å². The third kappa shape index (κ3) is 0.974. The first-order valence-electron chi connectivity index (χ1n) is 5.17. The van der Waals surface area contributed by atoms with E-state index < -0.39 is 11.7 Å². The zero-order chi connectivity index (χ0) is 10.5. The summed E-state index contributed by atoms with van der Waals surface area (Å²) in [5.41, 5.74) is 0.903. The summed E-state index contributed by atoms with van der Waals surface area (Å²) in [5.74, 6) is 0.682. The van der Waals surface area contributed by atoms with Gasteiger partial charge >= 0.3 is 0 Å². The molecular formula is C12H11NO2. The number of rotatable bonds is 0. The van der Waals surface area contributed by atoms with Crippen molar-refractivity contribution in [2.45, 2.75) is 31.0 Å². The monoisotopic (exact) mass is 201 g/mol. The molecule has 0 saturated carbocycles. The van der Waals surface area contributed by atoms with Crippen LogP contribution in [0.3, 0.4) is 0 Å².